The van der Waals surface area contributed by atoms with Crippen LogP contribution < -0.4 is 0 Å². The first-order chi connectivity index (χ1) is 9.02. The molecule has 0 bridgehead atoms. The van der Waals surface area contributed by atoms with Gasteiger partial charge in [-0.1, -0.05) is 30.2 Å². The largest absolute Gasteiger partial charge is 0.481 e. The Balaban J connectivity index is 2.32. The lowest BCUT2D eigenvalue weighted by Crippen LogP contribution is -2.47. The fraction of sp³-hybridized carbons (Fsp3) is 0.533. The third kappa shape index (κ3) is 3.28. The Morgan fingerprint density at radius 1 is 1.26 bits per heavy atom. The Kier molecular flexibility index (Phi) is 4.48. The Hall–Kier alpha value is -1.06. The molecule has 1 aromatic rings. The zero-order valence-corrected chi connectivity index (χ0v) is 12.0. The minimum absolute atomic E-state index is 0.120. The number of hydrogen-bond donors (Lipinski definition) is 1. The van der Waals surface area contributed by atoms with E-state index in [2.05, 4.69) is 4.90 Å². The predicted octanol–water partition coefficient (Wildman–Crippen LogP) is 3.52. The van der Waals surface area contributed by atoms with Crippen LogP contribution in [-0.2, 0) is 10.3 Å². The van der Waals surface area contributed by atoms with E-state index >= 15 is 0 Å². The molecule has 1 fully saturated rings. The van der Waals surface area contributed by atoms with Gasteiger partial charge in [-0.3, -0.25) is 9.69 Å². The topological polar surface area (TPSA) is 40.5 Å². The number of piperidine rings is 1. The second-order valence-electron chi connectivity index (χ2n) is 5.40. The van der Waals surface area contributed by atoms with E-state index in [9.17, 15) is 9.90 Å². The number of hydrogen-bond acceptors (Lipinski definition) is 2. The van der Waals surface area contributed by atoms with Gasteiger partial charge in [-0.05, 0) is 50.6 Å². The molecule has 104 valence electrons. The maximum Gasteiger partial charge on any atom is 0.305 e. The van der Waals surface area contributed by atoms with E-state index in [4.69, 9.17) is 11.6 Å². The summed E-state index contributed by atoms with van der Waals surface area (Å²) in [4.78, 5) is 13.5. The number of carboxylic acids is 1. The maximum atomic E-state index is 11.2. The predicted molar refractivity (Wildman–Crippen MR) is 76.5 cm³/mol. The van der Waals surface area contributed by atoms with E-state index in [1.807, 2.05) is 31.2 Å². The highest BCUT2D eigenvalue weighted by molar-refractivity contribution is 6.30. The van der Waals surface area contributed by atoms with Crippen LogP contribution in [0.25, 0.3) is 0 Å². The van der Waals surface area contributed by atoms with Crippen molar-refractivity contribution in [3.05, 3.63) is 34.9 Å². The molecule has 0 amide bonds. The van der Waals surface area contributed by atoms with Crippen molar-refractivity contribution in [3.63, 3.8) is 0 Å². The van der Waals surface area contributed by atoms with Crippen molar-refractivity contribution >= 4 is 17.6 Å². The zero-order valence-electron chi connectivity index (χ0n) is 11.2. The van der Waals surface area contributed by atoms with E-state index in [0.29, 0.717) is 5.02 Å². The first kappa shape index (κ1) is 14.4. The Morgan fingerprint density at radius 3 is 2.37 bits per heavy atom. The van der Waals surface area contributed by atoms with Crippen LogP contribution in [0.5, 0.6) is 0 Å². The van der Waals surface area contributed by atoms with Gasteiger partial charge in [0.2, 0.25) is 0 Å². The molecule has 0 spiro atoms. The van der Waals surface area contributed by atoms with Crippen molar-refractivity contribution in [3.8, 4) is 0 Å². The first-order valence-electron chi connectivity index (χ1n) is 6.75. The molecule has 1 aliphatic heterocycles. The number of halogens is 1. The number of nitrogens with zero attached hydrogens (tertiary/aromatic N) is 1. The minimum atomic E-state index is -0.761. The first-order valence-corrected chi connectivity index (χ1v) is 7.13. The van der Waals surface area contributed by atoms with Gasteiger partial charge in [0.1, 0.15) is 0 Å². The summed E-state index contributed by atoms with van der Waals surface area (Å²) in [6, 6.07) is 7.56. The molecule has 0 saturated carbocycles. The van der Waals surface area contributed by atoms with Crippen LogP contribution in [0.1, 0.15) is 38.2 Å². The summed E-state index contributed by atoms with van der Waals surface area (Å²) in [7, 11) is 0. The van der Waals surface area contributed by atoms with Crippen LogP contribution in [-0.4, -0.2) is 29.1 Å². The van der Waals surface area contributed by atoms with Gasteiger partial charge in [-0.25, -0.2) is 0 Å². The number of benzene rings is 1. The van der Waals surface area contributed by atoms with Gasteiger partial charge in [0.05, 0.1) is 12.0 Å². The molecule has 1 atom stereocenters. The molecule has 1 aromatic carbocycles. The van der Waals surface area contributed by atoms with Crippen LogP contribution in [0.2, 0.25) is 5.02 Å². The van der Waals surface area contributed by atoms with Crippen molar-refractivity contribution in [2.24, 2.45) is 0 Å². The normalized spacial score (nSPS) is 19.9. The molecular formula is C15H20ClNO2. The summed E-state index contributed by atoms with van der Waals surface area (Å²) in [5.74, 6) is -0.761. The van der Waals surface area contributed by atoms with Gasteiger partial charge < -0.3 is 5.11 Å². The average Bonchev–Trinajstić information content (AvgIpc) is 2.39. The lowest BCUT2D eigenvalue weighted by molar-refractivity contribution is -0.140. The molecule has 1 heterocycles. The molecule has 1 N–H and O–H groups in total. The second-order valence-corrected chi connectivity index (χ2v) is 5.84. The molecule has 0 radical (unpaired) electrons. The Bertz CT molecular complexity index is 440. The summed E-state index contributed by atoms with van der Waals surface area (Å²) in [5.41, 5.74) is 0.581. The SMILES string of the molecule is CC(CC(=O)O)(c1ccc(Cl)cc1)N1CCCCC1. The van der Waals surface area contributed by atoms with E-state index in [-0.39, 0.29) is 6.42 Å². The lowest BCUT2D eigenvalue weighted by Gasteiger charge is -2.43. The van der Waals surface area contributed by atoms with Gasteiger partial charge in [0.15, 0.2) is 0 Å². The van der Waals surface area contributed by atoms with Crippen molar-refractivity contribution in [1.29, 1.82) is 0 Å². The number of aliphatic carboxylic acids is 1. The standard InChI is InChI=1S/C15H20ClNO2/c1-15(11-14(18)19,17-9-3-2-4-10-17)12-5-7-13(16)8-6-12/h5-8H,2-4,9-11H2,1H3,(H,18,19). The average molecular weight is 282 g/mol. The smallest absolute Gasteiger partial charge is 0.305 e. The van der Waals surface area contributed by atoms with Crippen LogP contribution in [0, 0.1) is 0 Å². The molecule has 2 rings (SSSR count). The summed E-state index contributed by atoms with van der Waals surface area (Å²) >= 11 is 5.92. The molecule has 3 nitrogen and oxygen atoms in total. The van der Waals surface area contributed by atoms with Crippen LogP contribution in [0.4, 0.5) is 0 Å². The summed E-state index contributed by atoms with van der Waals surface area (Å²) in [6.45, 7) is 3.95. The zero-order chi connectivity index (χ0) is 13.9. The summed E-state index contributed by atoms with van der Waals surface area (Å²) < 4.78 is 0. The Morgan fingerprint density at radius 2 is 1.84 bits per heavy atom. The molecular weight excluding hydrogens is 262 g/mol. The summed E-state index contributed by atoms with van der Waals surface area (Å²) in [6.07, 6.45) is 3.64. The van der Waals surface area contributed by atoms with Crippen molar-refractivity contribution in [1.82, 2.24) is 4.90 Å². The fourth-order valence-electron chi connectivity index (χ4n) is 2.89. The minimum Gasteiger partial charge on any atom is -0.481 e. The number of likely N-dealkylation sites (tertiary alicyclic amines) is 1. The highest BCUT2D eigenvalue weighted by Gasteiger charge is 2.36. The van der Waals surface area contributed by atoms with Gasteiger partial charge in [0.25, 0.3) is 0 Å². The molecule has 0 aromatic heterocycles. The molecule has 1 saturated heterocycles. The number of rotatable bonds is 4. The summed E-state index contributed by atoms with van der Waals surface area (Å²) in [5, 5.41) is 9.92. The van der Waals surface area contributed by atoms with Crippen LogP contribution >= 0.6 is 11.6 Å². The Labute approximate surface area is 119 Å². The molecule has 1 unspecified atom stereocenters. The van der Waals surface area contributed by atoms with Crippen LogP contribution in [0.3, 0.4) is 0 Å². The van der Waals surface area contributed by atoms with E-state index in [0.717, 1.165) is 31.5 Å². The number of carboxylic acid groups (broad SMARTS) is 1. The van der Waals surface area contributed by atoms with Gasteiger partial charge >= 0.3 is 5.97 Å². The fourth-order valence-corrected chi connectivity index (χ4v) is 3.01. The van der Waals surface area contributed by atoms with Crippen molar-refractivity contribution in [2.75, 3.05) is 13.1 Å². The monoisotopic (exact) mass is 281 g/mol. The van der Waals surface area contributed by atoms with Gasteiger partial charge in [-0.2, -0.15) is 0 Å². The highest BCUT2D eigenvalue weighted by atomic mass is 35.5. The van der Waals surface area contributed by atoms with Crippen molar-refractivity contribution in [2.45, 2.75) is 38.1 Å². The third-order valence-corrected chi connectivity index (χ3v) is 4.27. The van der Waals surface area contributed by atoms with Crippen LogP contribution in [0.15, 0.2) is 24.3 Å². The lowest BCUT2D eigenvalue weighted by atomic mass is 9.85. The maximum absolute atomic E-state index is 11.2. The molecule has 1 aliphatic rings. The van der Waals surface area contributed by atoms with Gasteiger partial charge in [0, 0.05) is 5.02 Å². The molecule has 19 heavy (non-hydrogen) atoms. The van der Waals surface area contributed by atoms with Crippen molar-refractivity contribution < 1.29 is 9.90 Å². The van der Waals surface area contributed by atoms with E-state index < -0.39 is 11.5 Å². The van der Waals surface area contributed by atoms with Gasteiger partial charge in [-0.15, -0.1) is 0 Å². The molecule has 4 heteroatoms. The molecule has 0 aliphatic carbocycles. The highest BCUT2D eigenvalue weighted by Crippen LogP contribution is 2.34. The third-order valence-electron chi connectivity index (χ3n) is 4.02. The van der Waals surface area contributed by atoms with E-state index in [1.54, 1.807) is 0 Å². The quantitative estimate of drug-likeness (QED) is 0.918. The second kappa shape index (κ2) is 5.93. The van der Waals surface area contributed by atoms with E-state index in [1.165, 1.54) is 6.42 Å². The number of carbonyl (C=O) groups is 1.